The number of halogens is 3. The van der Waals surface area contributed by atoms with E-state index in [1.807, 2.05) is 6.92 Å². The van der Waals surface area contributed by atoms with Crippen LogP contribution >= 0.6 is 23.4 Å². The van der Waals surface area contributed by atoms with Crippen LogP contribution in [0.1, 0.15) is 24.5 Å². The Balaban J connectivity index is 1.92. The standard InChI is InChI=1S/C16H14ClF2N3OS/c1-2-5-24-16-20-14(17)10-7-13(23)22(15(10)21-16)8-9-3-4-11(18)12(19)6-9/h3-4,6H,2,5,7-8H2,1H3. The lowest BCUT2D eigenvalue weighted by molar-refractivity contribution is -0.117. The quantitative estimate of drug-likeness (QED) is 0.454. The number of nitrogens with zero attached hydrogens (tertiary/aromatic N) is 3. The molecule has 2 heterocycles. The number of anilines is 1. The van der Waals surface area contributed by atoms with Crippen molar-refractivity contribution in [3.63, 3.8) is 0 Å². The van der Waals surface area contributed by atoms with Gasteiger partial charge in [-0.05, 0) is 24.1 Å². The molecule has 2 aromatic rings. The molecule has 24 heavy (non-hydrogen) atoms. The van der Waals surface area contributed by atoms with Crippen molar-refractivity contribution in [1.29, 1.82) is 0 Å². The zero-order chi connectivity index (χ0) is 17.3. The fraction of sp³-hybridized carbons (Fsp3) is 0.312. The number of amides is 1. The van der Waals surface area contributed by atoms with Crippen molar-refractivity contribution in [3.05, 3.63) is 46.1 Å². The van der Waals surface area contributed by atoms with E-state index >= 15 is 0 Å². The summed E-state index contributed by atoms with van der Waals surface area (Å²) in [5.74, 6) is -0.770. The molecule has 0 N–H and O–H groups in total. The molecule has 3 rings (SSSR count). The lowest BCUT2D eigenvalue weighted by atomic mass is 10.2. The van der Waals surface area contributed by atoms with Gasteiger partial charge in [-0.3, -0.25) is 9.69 Å². The highest BCUT2D eigenvalue weighted by molar-refractivity contribution is 7.99. The summed E-state index contributed by atoms with van der Waals surface area (Å²) in [7, 11) is 0. The Kier molecular flexibility index (Phi) is 5.01. The first kappa shape index (κ1) is 17.1. The van der Waals surface area contributed by atoms with Gasteiger partial charge in [0.25, 0.3) is 0 Å². The fourth-order valence-corrected chi connectivity index (χ4v) is 3.38. The van der Waals surface area contributed by atoms with Gasteiger partial charge in [0.2, 0.25) is 5.91 Å². The van der Waals surface area contributed by atoms with Crippen LogP contribution in [0.5, 0.6) is 0 Å². The number of aromatic nitrogens is 2. The molecule has 1 aliphatic heterocycles. The molecule has 0 spiro atoms. The van der Waals surface area contributed by atoms with Gasteiger partial charge in [-0.2, -0.15) is 0 Å². The molecule has 1 aromatic carbocycles. The summed E-state index contributed by atoms with van der Waals surface area (Å²) in [6.45, 7) is 2.15. The Morgan fingerprint density at radius 2 is 2.08 bits per heavy atom. The first-order valence-corrected chi connectivity index (χ1v) is 8.79. The van der Waals surface area contributed by atoms with Gasteiger partial charge in [-0.15, -0.1) is 0 Å². The van der Waals surface area contributed by atoms with E-state index in [0.29, 0.717) is 22.1 Å². The molecule has 1 amide bonds. The molecular formula is C16H14ClF2N3OS. The second kappa shape index (κ2) is 7.03. The number of carbonyl (C=O) groups is 1. The van der Waals surface area contributed by atoms with Crippen LogP contribution < -0.4 is 4.90 Å². The van der Waals surface area contributed by atoms with E-state index in [1.165, 1.54) is 22.7 Å². The molecule has 0 bridgehead atoms. The molecule has 4 nitrogen and oxygen atoms in total. The molecule has 8 heteroatoms. The van der Waals surface area contributed by atoms with Crippen LogP contribution in [0.3, 0.4) is 0 Å². The molecule has 0 saturated carbocycles. The van der Waals surface area contributed by atoms with Gasteiger partial charge in [-0.25, -0.2) is 18.7 Å². The monoisotopic (exact) mass is 369 g/mol. The van der Waals surface area contributed by atoms with E-state index in [0.717, 1.165) is 24.3 Å². The van der Waals surface area contributed by atoms with Gasteiger partial charge in [0, 0.05) is 11.3 Å². The number of hydrogen-bond donors (Lipinski definition) is 0. The normalized spacial score (nSPS) is 13.5. The van der Waals surface area contributed by atoms with E-state index < -0.39 is 11.6 Å². The molecule has 0 aliphatic carbocycles. The average Bonchev–Trinajstić information content (AvgIpc) is 2.86. The number of thioether (sulfide) groups is 1. The second-order valence-corrected chi connectivity index (χ2v) is 6.77. The summed E-state index contributed by atoms with van der Waals surface area (Å²) in [4.78, 5) is 22.4. The smallest absolute Gasteiger partial charge is 0.233 e. The van der Waals surface area contributed by atoms with Crippen molar-refractivity contribution in [2.75, 3.05) is 10.7 Å². The van der Waals surface area contributed by atoms with Gasteiger partial charge in [0.1, 0.15) is 11.0 Å². The van der Waals surface area contributed by atoms with E-state index in [9.17, 15) is 13.6 Å². The predicted octanol–water partition coefficient (Wildman–Crippen LogP) is 4.00. The van der Waals surface area contributed by atoms with Crippen molar-refractivity contribution in [2.24, 2.45) is 0 Å². The first-order chi connectivity index (χ1) is 11.5. The van der Waals surface area contributed by atoms with Crippen molar-refractivity contribution < 1.29 is 13.6 Å². The minimum Gasteiger partial charge on any atom is -0.292 e. The Hall–Kier alpha value is -1.73. The first-order valence-electron chi connectivity index (χ1n) is 7.43. The van der Waals surface area contributed by atoms with Crippen LogP contribution in [-0.2, 0) is 17.8 Å². The highest BCUT2D eigenvalue weighted by Gasteiger charge is 2.32. The number of carbonyl (C=O) groups excluding carboxylic acids is 1. The van der Waals surface area contributed by atoms with Gasteiger partial charge in [0.05, 0.1) is 13.0 Å². The molecule has 126 valence electrons. The number of hydrogen-bond acceptors (Lipinski definition) is 4. The molecule has 0 atom stereocenters. The van der Waals surface area contributed by atoms with Crippen LogP contribution in [0.15, 0.2) is 23.4 Å². The number of rotatable bonds is 5. The maximum atomic E-state index is 13.4. The third kappa shape index (κ3) is 3.37. The van der Waals surface area contributed by atoms with E-state index in [-0.39, 0.29) is 24.0 Å². The topological polar surface area (TPSA) is 46.1 Å². The van der Waals surface area contributed by atoms with E-state index in [1.54, 1.807) is 0 Å². The van der Waals surface area contributed by atoms with Crippen LogP contribution in [-0.4, -0.2) is 21.6 Å². The third-order valence-corrected chi connectivity index (χ3v) is 4.92. The SMILES string of the molecule is CCCSc1nc(Cl)c2c(n1)N(Cc1ccc(F)c(F)c1)C(=O)C2. The minimum atomic E-state index is -0.945. The maximum absolute atomic E-state index is 13.4. The lowest BCUT2D eigenvalue weighted by Crippen LogP contribution is -2.26. The Morgan fingerprint density at radius 1 is 1.29 bits per heavy atom. The Labute approximate surface area is 147 Å². The summed E-state index contributed by atoms with van der Waals surface area (Å²) in [5, 5.41) is 0.769. The van der Waals surface area contributed by atoms with Crippen molar-refractivity contribution in [3.8, 4) is 0 Å². The molecule has 1 aromatic heterocycles. The summed E-state index contributed by atoms with van der Waals surface area (Å²) < 4.78 is 26.4. The molecule has 0 saturated heterocycles. The van der Waals surface area contributed by atoms with Crippen LogP contribution in [0, 0.1) is 11.6 Å². The average molecular weight is 370 g/mol. The third-order valence-electron chi connectivity index (χ3n) is 3.56. The highest BCUT2D eigenvalue weighted by Crippen LogP contribution is 2.34. The van der Waals surface area contributed by atoms with Gasteiger partial charge in [0.15, 0.2) is 16.8 Å². The molecule has 0 radical (unpaired) electrons. The molecule has 0 unspecified atom stereocenters. The van der Waals surface area contributed by atoms with Gasteiger partial charge < -0.3 is 0 Å². The van der Waals surface area contributed by atoms with Crippen molar-refractivity contribution >= 4 is 35.1 Å². The number of fused-ring (bicyclic) bond motifs is 1. The zero-order valence-corrected chi connectivity index (χ0v) is 14.4. The summed E-state index contributed by atoms with van der Waals surface area (Å²) in [6.07, 6.45) is 1.07. The van der Waals surface area contributed by atoms with E-state index in [2.05, 4.69) is 9.97 Å². The molecule has 0 fully saturated rings. The van der Waals surface area contributed by atoms with Gasteiger partial charge in [-0.1, -0.05) is 36.4 Å². The highest BCUT2D eigenvalue weighted by atomic mass is 35.5. The van der Waals surface area contributed by atoms with Crippen LogP contribution in [0.4, 0.5) is 14.6 Å². The Morgan fingerprint density at radius 3 is 2.79 bits per heavy atom. The minimum absolute atomic E-state index is 0.105. The largest absolute Gasteiger partial charge is 0.292 e. The number of benzene rings is 1. The van der Waals surface area contributed by atoms with Crippen LogP contribution in [0.2, 0.25) is 5.15 Å². The van der Waals surface area contributed by atoms with E-state index in [4.69, 9.17) is 11.6 Å². The van der Waals surface area contributed by atoms with Crippen LogP contribution in [0.25, 0.3) is 0 Å². The van der Waals surface area contributed by atoms with Crippen molar-refractivity contribution in [2.45, 2.75) is 31.5 Å². The molecular weight excluding hydrogens is 356 g/mol. The zero-order valence-electron chi connectivity index (χ0n) is 12.9. The second-order valence-electron chi connectivity index (χ2n) is 5.35. The Bertz CT molecular complexity index is 803. The van der Waals surface area contributed by atoms with Crippen molar-refractivity contribution in [1.82, 2.24) is 9.97 Å². The van der Waals surface area contributed by atoms with Gasteiger partial charge >= 0.3 is 0 Å². The summed E-state index contributed by atoms with van der Waals surface area (Å²) >= 11 is 7.64. The fourth-order valence-electron chi connectivity index (χ4n) is 2.41. The predicted molar refractivity (Wildman–Crippen MR) is 89.3 cm³/mol. The lowest BCUT2D eigenvalue weighted by Gasteiger charge is -2.17. The summed E-state index contributed by atoms with van der Waals surface area (Å²) in [6, 6.07) is 3.57. The molecule has 1 aliphatic rings. The summed E-state index contributed by atoms with van der Waals surface area (Å²) in [5.41, 5.74) is 1.05. The maximum Gasteiger partial charge on any atom is 0.233 e.